The minimum atomic E-state index is -0.410. The van der Waals surface area contributed by atoms with Crippen molar-refractivity contribution in [2.75, 3.05) is 12.8 Å². The van der Waals surface area contributed by atoms with Crippen LogP contribution in [-0.4, -0.2) is 27.3 Å². The molecule has 1 aromatic carbocycles. The Hall–Kier alpha value is -3.42. The summed E-state index contributed by atoms with van der Waals surface area (Å²) in [5, 5.41) is 8.11. The molecule has 0 spiro atoms. The Morgan fingerprint density at radius 1 is 1.38 bits per heavy atom. The average Bonchev–Trinajstić information content (AvgIpc) is 3.24. The van der Waals surface area contributed by atoms with E-state index in [4.69, 9.17) is 14.9 Å². The lowest BCUT2D eigenvalue weighted by Crippen LogP contribution is -1.90. The lowest BCUT2D eigenvalue weighted by atomic mass is 10.1. The first kappa shape index (κ1) is 17.4. The first-order valence-electron chi connectivity index (χ1n) is 7.82. The predicted octanol–water partition coefficient (Wildman–Crippen LogP) is 3.73. The summed E-state index contributed by atoms with van der Waals surface area (Å²) in [5.74, 6) is 1.09. The SMILES string of the molecule is C=C/C(F)=C\C=C(/C)Cc1nnc(-c2ccc3[nH]c(N)nc3c2OC)o1. The van der Waals surface area contributed by atoms with Crippen molar-refractivity contribution in [2.45, 2.75) is 13.3 Å². The summed E-state index contributed by atoms with van der Waals surface area (Å²) in [6.07, 6.45) is 4.51. The number of halogens is 1. The van der Waals surface area contributed by atoms with Gasteiger partial charge in [0.05, 0.1) is 18.2 Å². The highest BCUT2D eigenvalue weighted by Crippen LogP contribution is 2.35. The summed E-state index contributed by atoms with van der Waals surface area (Å²) in [7, 11) is 1.54. The molecule has 2 aromatic heterocycles. The van der Waals surface area contributed by atoms with Gasteiger partial charge in [0.25, 0.3) is 5.89 Å². The molecule has 0 aliphatic heterocycles. The smallest absolute Gasteiger partial charge is 0.251 e. The third-order valence-electron chi connectivity index (χ3n) is 3.68. The highest BCUT2D eigenvalue weighted by Gasteiger charge is 2.18. The molecule has 3 aromatic rings. The molecule has 8 heteroatoms. The number of allylic oxidation sites excluding steroid dienone is 5. The Labute approximate surface area is 149 Å². The summed E-state index contributed by atoms with van der Waals surface area (Å²) in [6.45, 7) is 5.20. The van der Waals surface area contributed by atoms with Crippen molar-refractivity contribution >= 4 is 17.0 Å². The molecular weight excluding hydrogens is 337 g/mol. The fraction of sp³-hybridized carbons (Fsp3) is 0.167. The van der Waals surface area contributed by atoms with Crippen molar-refractivity contribution in [3.63, 3.8) is 0 Å². The van der Waals surface area contributed by atoms with Gasteiger partial charge in [-0.3, -0.25) is 0 Å². The highest BCUT2D eigenvalue weighted by atomic mass is 19.1. The molecule has 3 N–H and O–H groups in total. The summed E-state index contributed by atoms with van der Waals surface area (Å²) in [5.41, 5.74) is 8.51. The van der Waals surface area contributed by atoms with Crippen molar-refractivity contribution in [3.05, 3.63) is 54.2 Å². The first-order chi connectivity index (χ1) is 12.5. The number of methoxy groups -OCH3 is 1. The van der Waals surface area contributed by atoms with Crippen LogP contribution in [0.1, 0.15) is 12.8 Å². The maximum atomic E-state index is 13.1. The molecule has 7 nitrogen and oxygen atoms in total. The third-order valence-corrected chi connectivity index (χ3v) is 3.68. The number of H-pyrrole nitrogens is 1. The Bertz CT molecular complexity index is 1020. The van der Waals surface area contributed by atoms with E-state index in [1.165, 1.54) is 13.2 Å². The maximum absolute atomic E-state index is 13.1. The van der Waals surface area contributed by atoms with Gasteiger partial charge in [0.1, 0.15) is 11.3 Å². The molecule has 0 amide bonds. The second kappa shape index (κ2) is 7.22. The number of anilines is 1. The van der Waals surface area contributed by atoms with E-state index in [2.05, 4.69) is 26.7 Å². The van der Waals surface area contributed by atoms with Gasteiger partial charge in [-0.05, 0) is 31.2 Å². The largest absolute Gasteiger partial charge is 0.494 e. The number of nitrogens with zero attached hydrogens (tertiary/aromatic N) is 3. The van der Waals surface area contributed by atoms with Gasteiger partial charge < -0.3 is 19.9 Å². The Balaban J connectivity index is 1.90. The Kier molecular flexibility index (Phi) is 4.83. The van der Waals surface area contributed by atoms with Gasteiger partial charge in [-0.1, -0.05) is 18.2 Å². The average molecular weight is 355 g/mol. The fourth-order valence-electron chi connectivity index (χ4n) is 2.47. The topological polar surface area (TPSA) is 103 Å². The van der Waals surface area contributed by atoms with E-state index in [-0.39, 0.29) is 0 Å². The van der Waals surface area contributed by atoms with Gasteiger partial charge in [0.2, 0.25) is 5.89 Å². The zero-order valence-corrected chi connectivity index (χ0v) is 14.4. The van der Waals surface area contributed by atoms with Crippen LogP contribution < -0.4 is 10.5 Å². The fourth-order valence-corrected chi connectivity index (χ4v) is 2.47. The summed E-state index contributed by atoms with van der Waals surface area (Å²) >= 11 is 0. The number of benzene rings is 1. The third kappa shape index (κ3) is 3.49. The van der Waals surface area contributed by atoms with Crippen LogP contribution in [0, 0.1) is 0 Å². The molecule has 0 fully saturated rings. The van der Waals surface area contributed by atoms with Crippen LogP contribution in [0.15, 0.2) is 52.8 Å². The van der Waals surface area contributed by atoms with Crippen LogP contribution in [-0.2, 0) is 6.42 Å². The standard InChI is InChI=1S/C18H18FN5O2/c1-4-11(19)6-5-10(2)9-14-23-24-17(26-14)12-7-8-13-15(16(12)25-3)22-18(20)21-13/h4-8H,1,9H2,2-3H3,(H3,20,21,22)/b10-5+,11-6+. The van der Waals surface area contributed by atoms with E-state index in [0.717, 1.165) is 17.2 Å². The van der Waals surface area contributed by atoms with Crippen LogP contribution in [0.2, 0.25) is 0 Å². The van der Waals surface area contributed by atoms with Crippen LogP contribution in [0.5, 0.6) is 5.75 Å². The number of fused-ring (bicyclic) bond motifs is 1. The van der Waals surface area contributed by atoms with Gasteiger partial charge >= 0.3 is 0 Å². The number of aromatic amines is 1. The van der Waals surface area contributed by atoms with E-state index in [1.807, 2.05) is 13.0 Å². The van der Waals surface area contributed by atoms with Gasteiger partial charge in [-0.2, -0.15) is 0 Å². The van der Waals surface area contributed by atoms with Crippen LogP contribution in [0.25, 0.3) is 22.5 Å². The van der Waals surface area contributed by atoms with Crippen molar-refractivity contribution < 1.29 is 13.5 Å². The predicted molar refractivity (Wildman–Crippen MR) is 97.2 cm³/mol. The zero-order chi connectivity index (χ0) is 18.7. The highest BCUT2D eigenvalue weighted by molar-refractivity contribution is 5.90. The normalized spacial score (nSPS) is 12.6. The number of imidazole rings is 1. The number of ether oxygens (including phenoxy) is 1. The molecule has 0 saturated carbocycles. The van der Waals surface area contributed by atoms with Crippen LogP contribution in [0.3, 0.4) is 0 Å². The van der Waals surface area contributed by atoms with Crippen molar-refractivity contribution in [3.8, 4) is 17.2 Å². The molecule has 0 aliphatic carbocycles. The minimum absolute atomic E-state index is 0.294. The summed E-state index contributed by atoms with van der Waals surface area (Å²) in [6, 6.07) is 3.61. The maximum Gasteiger partial charge on any atom is 0.251 e. The molecule has 0 saturated heterocycles. The van der Waals surface area contributed by atoms with Crippen molar-refractivity contribution in [1.29, 1.82) is 0 Å². The van der Waals surface area contributed by atoms with E-state index in [0.29, 0.717) is 41.0 Å². The molecule has 3 rings (SSSR count). The number of hydrogen-bond acceptors (Lipinski definition) is 6. The first-order valence-corrected chi connectivity index (χ1v) is 7.82. The monoisotopic (exact) mass is 355 g/mol. The summed E-state index contributed by atoms with van der Waals surface area (Å²) < 4.78 is 24.3. The van der Waals surface area contributed by atoms with E-state index < -0.39 is 5.83 Å². The summed E-state index contributed by atoms with van der Waals surface area (Å²) in [4.78, 5) is 7.16. The molecule has 0 bridgehead atoms. The van der Waals surface area contributed by atoms with Gasteiger partial charge in [0.15, 0.2) is 11.7 Å². The Morgan fingerprint density at radius 2 is 2.19 bits per heavy atom. The number of nitrogens with one attached hydrogen (secondary N) is 1. The second-order valence-electron chi connectivity index (χ2n) is 5.61. The van der Waals surface area contributed by atoms with E-state index >= 15 is 0 Å². The second-order valence-corrected chi connectivity index (χ2v) is 5.61. The molecule has 134 valence electrons. The van der Waals surface area contributed by atoms with Crippen molar-refractivity contribution in [1.82, 2.24) is 20.2 Å². The van der Waals surface area contributed by atoms with Crippen LogP contribution in [0.4, 0.5) is 10.3 Å². The number of nitrogens with two attached hydrogens (primary N) is 1. The number of aromatic nitrogens is 4. The van der Waals surface area contributed by atoms with Gasteiger partial charge in [0, 0.05) is 6.42 Å². The molecule has 0 radical (unpaired) electrons. The minimum Gasteiger partial charge on any atom is -0.494 e. The van der Waals surface area contributed by atoms with Crippen LogP contribution >= 0.6 is 0 Å². The van der Waals surface area contributed by atoms with Crippen molar-refractivity contribution in [2.24, 2.45) is 0 Å². The Morgan fingerprint density at radius 3 is 2.92 bits per heavy atom. The number of nitrogen functional groups attached to an aromatic ring is 1. The van der Waals surface area contributed by atoms with Gasteiger partial charge in [-0.25, -0.2) is 9.37 Å². The van der Waals surface area contributed by atoms with E-state index in [9.17, 15) is 4.39 Å². The number of rotatable bonds is 6. The number of hydrogen-bond donors (Lipinski definition) is 2. The molecule has 0 unspecified atom stereocenters. The lowest BCUT2D eigenvalue weighted by Gasteiger charge is -2.05. The molecule has 0 aliphatic rings. The lowest BCUT2D eigenvalue weighted by molar-refractivity contribution is 0.417. The quantitative estimate of drug-likeness (QED) is 0.653. The molecule has 0 atom stereocenters. The molecular formula is C18H18FN5O2. The molecule has 26 heavy (non-hydrogen) atoms. The van der Waals surface area contributed by atoms with Gasteiger partial charge in [-0.15, -0.1) is 10.2 Å². The van der Waals surface area contributed by atoms with E-state index in [1.54, 1.807) is 12.1 Å². The zero-order valence-electron chi connectivity index (χ0n) is 14.4. The molecule has 2 heterocycles.